The minimum absolute atomic E-state index is 0.236. The smallest absolute Gasteiger partial charge is 0.426 e. The molecular weight excluding hydrogens is 477 g/mol. The fourth-order valence-corrected chi connectivity index (χ4v) is 4.67. The molecule has 178 valence electrons. The van der Waals surface area contributed by atoms with Gasteiger partial charge in [-0.25, -0.2) is 15.0 Å². The van der Waals surface area contributed by atoms with Gasteiger partial charge in [-0.2, -0.15) is 0 Å². The molecule has 2 aromatic heterocycles. The van der Waals surface area contributed by atoms with Crippen molar-refractivity contribution < 1.29 is 14.8 Å². The fraction of sp³-hybridized carbons (Fsp3) is 0.333. The summed E-state index contributed by atoms with van der Waals surface area (Å²) in [6, 6.07) is 7.29. The molecule has 4 rings (SSSR count). The Balaban J connectivity index is 1.42. The summed E-state index contributed by atoms with van der Waals surface area (Å²) in [5, 5.41) is 25.4. The van der Waals surface area contributed by atoms with Crippen molar-refractivity contribution in [3.63, 3.8) is 0 Å². The average Bonchev–Trinajstić information content (AvgIpc) is 3.24. The number of nitrogens with one attached hydrogen (secondary N) is 2. The monoisotopic (exact) mass is 501 g/mol. The number of thiazole rings is 1. The van der Waals surface area contributed by atoms with E-state index in [1.807, 2.05) is 36.9 Å². The summed E-state index contributed by atoms with van der Waals surface area (Å²) in [5.74, 6) is 1.69. The van der Waals surface area contributed by atoms with Crippen LogP contribution in [0.4, 0.5) is 22.5 Å². The molecule has 0 saturated carbocycles. The van der Waals surface area contributed by atoms with Gasteiger partial charge >= 0.3 is 7.12 Å². The maximum Gasteiger partial charge on any atom is 0.466 e. The molecule has 13 heteroatoms. The molecule has 3 heterocycles. The summed E-state index contributed by atoms with van der Waals surface area (Å²) in [6.07, 6.45) is 1.75. The third-order valence-electron chi connectivity index (χ3n) is 5.37. The van der Waals surface area contributed by atoms with E-state index in [-0.39, 0.29) is 12.4 Å². The van der Waals surface area contributed by atoms with Gasteiger partial charge in [0, 0.05) is 38.7 Å². The molecule has 0 radical (unpaired) electrons. The molecule has 1 aliphatic heterocycles. The molecule has 1 fully saturated rings. The van der Waals surface area contributed by atoms with Crippen molar-refractivity contribution in [2.24, 2.45) is 0 Å². The zero-order chi connectivity index (χ0) is 24.2. The molecule has 4 N–H and O–H groups in total. The lowest BCUT2D eigenvalue weighted by atomic mass is 9.91. The number of anilines is 4. The highest BCUT2D eigenvalue weighted by atomic mass is 35.5. The van der Waals surface area contributed by atoms with Crippen molar-refractivity contribution >= 4 is 58.4 Å². The molecule has 10 nitrogen and oxygen atoms in total. The SMILES string of the molecule is Cc1nc(Nc2ncc(C(=O)Nc3c(C)cccc3Cl)s2)cc(N2CCN(CB(O)O)CC2)n1. The average molecular weight is 502 g/mol. The number of carbonyl (C=O) groups is 1. The van der Waals surface area contributed by atoms with Crippen LogP contribution in [0.2, 0.25) is 5.02 Å². The molecule has 0 aliphatic carbocycles. The lowest BCUT2D eigenvalue weighted by molar-refractivity contribution is 0.103. The number of amides is 1. The number of nitrogens with zero attached hydrogens (tertiary/aromatic N) is 5. The summed E-state index contributed by atoms with van der Waals surface area (Å²) >= 11 is 7.43. The van der Waals surface area contributed by atoms with Gasteiger partial charge in [0.15, 0.2) is 5.13 Å². The number of para-hydroxylation sites is 1. The van der Waals surface area contributed by atoms with Gasteiger partial charge in [0.25, 0.3) is 5.91 Å². The van der Waals surface area contributed by atoms with Gasteiger partial charge in [-0.3, -0.25) is 4.79 Å². The number of benzene rings is 1. The molecule has 1 saturated heterocycles. The van der Waals surface area contributed by atoms with Crippen LogP contribution in [0.3, 0.4) is 0 Å². The second-order valence-electron chi connectivity index (χ2n) is 7.97. The number of rotatable bonds is 7. The number of halogens is 1. The summed E-state index contributed by atoms with van der Waals surface area (Å²) in [4.78, 5) is 30.6. The van der Waals surface area contributed by atoms with Crippen LogP contribution in [0, 0.1) is 13.8 Å². The van der Waals surface area contributed by atoms with Crippen LogP contribution in [0.1, 0.15) is 21.1 Å². The second kappa shape index (κ2) is 10.7. The van der Waals surface area contributed by atoms with Gasteiger partial charge in [0.2, 0.25) is 0 Å². The number of hydrogen-bond acceptors (Lipinski definition) is 10. The third kappa shape index (κ3) is 6.02. The molecule has 3 aromatic rings. The predicted octanol–water partition coefficient (Wildman–Crippen LogP) is 2.33. The minimum Gasteiger partial charge on any atom is -0.426 e. The van der Waals surface area contributed by atoms with Gasteiger partial charge in [-0.1, -0.05) is 35.1 Å². The first-order valence-corrected chi connectivity index (χ1v) is 12.0. The van der Waals surface area contributed by atoms with E-state index in [0.29, 0.717) is 58.5 Å². The maximum absolute atomic E-state index is 12.7. The van der Waals surface area contributed by atoms with Gasteiger partial charge < -0.3 is 30.5 Å². The van der Waals surface area contributed by atoms with Gasteiger partial charge in [0.05, 0.1) is 16.9 Å². The van der Waals surface area contributed by atoms with Crippen LogP contribution < -0.4 is 15.5 Å². The Kier molecular flexibility index (Phi) is 7.64. The molecular formula is C21H25BClN7O3S. The van der Waals surface area contributed by atoms with Crippen molar-refractivity contribution in [2.75, 3.05) is 48.2 Å². The molecule has 1 amide bonds. The Hall–Kier alpha value is -2.77. The van der Waals surface area contributed by atoms with Crippen LogP contribution in [0.15, 0.2) is 30.5 Å². The number of piperazine rings is 1. The Morgan fingerprint density at radius 1 is 1.21 bits per heavy atom. The highest BCUT2D eigenvalue weighted by molar-refractivity contribution is 7.17. The Morgan fingerprint density at radius 3 is 2.68 bits per heavy atom. The summed E-state index contributed by atoms with van der Waals surface area (Å²) in [6.45, 7) is 6.54. The summed E-state index contributed by atoms with van der Waals surface area (Å²) < 4.78 is 0. The number of aryl methyl sites for hydroxylation is 2. The quantitative estimate of drug-likeness (QED) is 0.361. The Bertz CT molecular complexity index is 1150. The normalized spacial score (nSPS) is 14.2. The van der Waals surface area contributed by atoms with Crippen molar-refractivity contribution in [3.8, 4) is 0 Å². The zero-order valence-corrected chi connectivity index (χ0v) is 20.4. The van der Waals surface area contributed by atoms with E-state index in [4.69, 9.17) is 11.6 Å². The lowest BCUT2D eigenvalue weighted by Crippen LogP contribution is -2.49. The molecule has 0 atom stereocenters. The predicted molar refractivity (Wildman–Crippen MR) is 135 cm³/mol. The first-order valence-electron chi connectivity index (χ1n) is 10.8. The molecule has 0 unspecified atom stereocenters. The lowest BCUT2D eigenvalue weighted by Gasteiger charge is -2.35. The fourth-order valence-electron chi connectivity index (χ4n) is 3.68. The van der Waals surface area contributed by atoms with Gasteiger partial charge in [-0.15, -0.1) is 0 Å². The third-order valence-corrected chi connectivity index (χ3v) is 6.59. The first-order chi connectivity index (χ1) is 16.3. The summed E-state index contributed by atoms with van der Waals surface area (Å²) in [5.41, 5.74) is 1.46. The van der Waals surface area contributed by atoms with E-state index in [1.165, 1.54) is 17.5 Å². The molecule has 1 aliphatic rings. The molecule has 0 bridgehead atoms. The van der Waals surface area contributed by atoms with Crippen molar-refractivity contribution in [2.45, 2.75) is 13.8 Å². The van der Waals surface area contributed by atoms with E-state index in [9.17, 15) is 14.8 Å². The van der Waals surface area contributed by atoms with E-state index >= 15 is 0 Å². The topological polar surface area (TPSA) is 127 Å². The van der Waals surface area contributed by atoms with Gasteiger partial charge in [-0.05, 0) is 25.5 Å². The standard InChI is InChI=1S/C21H25BClN7O3S/c1-13-4-3-5-15(23)19(13)28-20(31)16-11-24-21(34-16)27-17-10-18(26-14(2)25-17)30-8-6-29(7-9-30)12-22(32)33/h3-5,10-11,32-33H,6-9,12H2,1-2H3,(H,28,31)(H,24,25,26,27). The van der Waals surface area contributed by atoms with Crippen LogP contribution in [0.25, 0.3) is 0 Å². The van der Waals surface area contributed by atoms with E-state index in [2.05, 4.69) is 30.5 Å². The largest absolute Gasteiger partial charge is 0.466 e. The second-order valence-corrected chi connectivity index (χ2v) is 9.41. The first kappa shape index (κ1) is 24.4. The molecule has 0 spiro atoms. The Labute approximate surface area is 206 Å². The zero-order valence-electron chi connectivity index (χ0n) is 18.8. The summed E-state index contributed by atoms with van der Waals surface area (Å²) in [7, 11) is -1.33. The molecule has 1 aromatic carbocycles. The number of hydrogen-bond donors (Lipinski definition) is 4. The maximum atomic E-state index is 12.7. The van der Waals surface area contributed by atoms with E-state index in [0.717, 1.165) is 11.4 Å². The number of aromatic nitrogens is 3. The van der Waals surface area contributed by atoms with Crippen LogP contribution in [0.5, 0.6) is 0 Å². The van der Waals surface area contributed by atoms with Crippen LogP contribution in [-0.4, -0.2) is 75.5 Å². The van der Waals surface area contributed by atoms with Gasteiger partial charge in [0.1, 0.15) is 22.3 Å². The highest BCUT2D eigenvalue weighted by Gasteiger charge is 2.22. The van der Waals surface area contributed by atoms with Crippen LogP contribution >= 0.6 is 22.9 Å². The van der Waals surface area contributed by atoms with Crippen molar-refractivity contribution in [1.82, 2.24) is 19.9 Å². The Morgan fingerprint density at radius 2 is 1.97 bits per heavy atom. The van der Waals surface area contributed by atoms with E-state index < -0.39 is 7.12 Å². The molecule has 34 heavy (non-hydrogen) atoms. The highest BCUT2D eigenvalue weighted by Crippen LogP contribution is 2.28. The van der Waals surface area contributed by atoms with Crippen molar-refractivity contribution in [3.05, 3.63) is 51.7 Å². The van der Waals surface area contributed by atoms with Crippen LogP contribution in [-0.2, 0) is 0 Å². The minimum atomic E-state index is -1.33. The van der Waals surface area contributed by atoms with Crippen molar-refractivity contribution in [1.29, 1.82) is 0 Å². The van der Waals surface area contributed by atoms with E-state index in [1.54, 1.807) is 6.07 Å². The number of carbonyl (C=O) groups excluding carboxylic acids is 1.